The fourth-order valence-corrected chi connectivity index (χ4v) is 3.64. The Hall–Kier alpha value is -2.37. The van der Waals surface area contributed by atoms with Crippen LogP contribution in [0.25, 0.3) is 0 Å². The summed E-state index contributed by atoms with van der Waals surface area (Å²) in [5, 5.41) is 8.42. The summed E-state index contributed by atoms with van der Waals surface area (Å²) in [7, 11) is 2.95. The van der Waals surface area contributed by atoms with Gasteiger partial charge in [0.25, 0.3) is 0 Å². The maximum Gasteiger partial charge on any atom is 0.341 e. The molecule has 2 aromatic rings. The third-order valence-corrected chi connectivity index (χ3v) is 4.96. The molecular weight excluding hydrogens is 318 g/mol. The number of hydrogen-bond donors (Lipinski definition) is 0. The number of benzene rings is 1. The third kappa shape index (κ3) is 3.83. The zero-order chi connectivity index (χ0) is 17.6. The highest BCUT2D eigenvalue weighted by Crippen LogP contribution is 2.29. The molecule has 25 heavy (non-hydrogen) atoms. The first-order valence-electron chi connectivity index (χ1n) is 8.87. The van der Waals surface area contributed by atoms with Crippen molar-refractivity contribution in [3.05, 3.63) is 41.5 Å². The average molecular weight is 343 g/mol. The van der Waals surface area contributed by atoms with Crippen LogP contribution < -0.4 is 4.74 Å². The SMILES string of the molecule is COC(=O)c1c(CCc2nncn2C2CCCCC2)cccc1OC. The molecule has 0 radical (unpaired) electrons. The maximum atomic E-state index is 12.2. The summed E-state index contributed by atoms with van der Waals surface area (Å²) in [6.45, 7) is 0. The number of aromatic nitrogens is 3. The smallest absolute Gasteiger partial charge is 0.341 e. The number of ether oxygens (including phenoxy) is 2. The zero-order valence-corrected chi connectivity index (χ0v) is 14.9. The number of esters is 1. The van der Waals surface area contributed by atoms with Crippen molar-refractivity contribution in [2.24, 2.45) is 0 Å². The molecule has 1 aliphatic rings. The molecule has 1 aliphatic carbocycles. The molecule has 1 fully saturated rings. The first-order valence-corrected chi connectivity index (χ1v) is 8.87. The Morgan fingerprint density at radius 2 is 2.00 bits per heavy atom. The van der Waals surface area contributed by atoms with Gasteiger partial charge in [0.05, 0.1) is 14.2 Å². The normalized spacial score (nSPS) is 15.1. The molecule has 0 spiro atoms. The monoisotopic (exact) mass is 343 g/mol. The second kappa shape index (κ2) is 8.14. The van der Waals surface area contributed by atoms with Gasteiger partial charge in [-0.25, -0.2) is 4.79 Å². The van der Waals surface area contributed by atoms with E-state index < -0.39 is 0 Å². The Morgan fingerprint density at radius 1 is 1.20 bits per heavy atom. The average Bonchev–Trinajstić information content (AvgIpc) is 3.14. The highest BCUT2D eigenvalue weighted by Gasteiger charge is 2.21. The van der Waals surface area contributed by atoms with E-state index in [1.165, 1.54) is 39.2 Å². The zero-order valence-electron chi connectivity index (χ0n) is 14.9. The molecule has 1 aromatic carbocycles. The number of carbonyl (C=O) groups excluding carboxylic acids is 1. The van der Waals surface area contributed by atoms with Gasteiger partial charge >= 0.3 is 5.97 Å². The molecule has 1 saturated carbocycles. The molecule has 134 valence electrons. The van der Waals surface area contributed by atoms with Crippen molar-refractivity contribution in [3.63, 3.8) is 0 Å². The van der Waals surface area contributed by atoms with Gasteiger partial charge in [-0.2, -0.15) is 0 Å². The molecule has 0 saturated heterocycles. The molecule has 0 atom stereocenters. The van der Waals surface area contributed by atoms with E-state index in [9.17, 15) is 4.79 Å². The molecular formula is C19H25N3O3. The van der Waals surface area contributed by atoms with Gasteiger partial charge in [-0.3, -0.25) is 0 Å². The number of hydrogen-bond acceptors (Lipinski definition) is 5. The van der Waals surface area contributed by atoms with Crippen LogP contribution in [0.4, 0.5) is 0 Å². The van der Waals surface area contributed by atoms with Gasteiger partial charge in [0.2, 0.25) is 0 Å². The summed E-state index contributed by atoms with van der Waals surface area (Å²) in [6.07, 6.45) is 9.50. The Bertz CT molecular complexity index is 720. The molecule has 0 aliphatic heterocycles. The Morgan fingerprint density at radius 3 is 2.72 bits per heavy atom. The number of aryl methyl sites for hydroxylation is 2. The van der Waals surface area contributed by atoms with E-state index in [-0.39, 0.29) is 5.97 Å². The Balaban J connectivity index is 1.78. The second-order valence-electron chi connectivity index (χ2n) is 6.43. The van der Waals surface area contributed by atoms with Crippen LogP contribution in [0.1, 0.15) is 59.9 Å². The highest BCUT2D eigenvalue weighted by atomic mass is 16.5. The van der Waals surface area contributed by atoms with Crippen LogP contribution in [-0.2, 0) is 17.6 Å². The van der Waals surface area contributed by atoms with Crippen LogP contribution in [-0.4, -0.2) is 35.0 Å². The van der Waals surface area contributed by atoms with Crippen molar-refractivity contribution in [2.45, 2.75) is 51.0 Å². The minimum Gasteiger partial charge on any atom is -0.496 e. The minimum atomic E-state index is -0.374. The van der Waals surface area contributed by atoms with Crippen LogP contribution in [0, 0.1) is 0 Å². The Kier molecular flexibility index (Phi) is 5.68. The molecule has 6 heteroatoms. The highest BCUT2D eigenvalue weighted by molar-refractivity contribution is 5.94. The molecule has 0 unspecified atom stereocenters. The minimum absolute atomic E-state index is 0.374. The van der Waals surface area contributed by atoms with Crippen molar-refractivity contribution in [1.82, 2.24) is 14.8 Å². The van der Waals surface area contributed by atoms with E-state index in [0.717, 1.165) is 17.8 Å². The predicted molar refractivity (Wildman–Crippen MR) is 93.9 cm³/mol. The van der Waals surface area contributed by atoms with Gasteiger partial charge < -0.3 is 14.0 Å². The lowest BCUT2D eigenvalue weighted by molar-refractivity contribution is 0.0595. The lowest BCUT2D eigenvalue weighted by atomic mass is 9.95. The number of methoxy groups -OCH3 is 2. The van der Waals surface area contributed by atoms with E-state index in [1.54, 1.807) is 13.2 Å². The quantitative estimate of drug-likeness (QED) is 0.753. The van der Waals surface area contributed by atoms with Gasteiger partial charge in [-0.15, -0.1) is 10.2 Å². The topological polar surface area (TPSA) is 66.2 Å². The first-order chi connectivity index (χ1) is 12.2. The second-order valence-corrected chi connectivity index (χ2v) is 6.43. The largest absolute Gasteiger partial charge is 0.496 e. The van der Waals surface area contributed by atoms with Crippen molar-refractivity contribution < 1.29 is 14.3 Å². The van der Waals surface area contributed by atoms with Crippen LogP contribution in [0.2, 0.25) is 0 Å². The van der Waals surface area contributed by atoms with E-state index in [2.05, 4.69) is 14.8 Å². The van der Waals surface area contributed by atoms with Gasteiger partial charge in [0.1, 0.15) is 23.5 Å². The summed E-state index contributed by atoms with van der Waals surface area (Å²) < 4.78 is 12.5. The van der Waals surface area contributed by atoms with Gasteiger partial charge in [-0.1, -0.05) is 31.4 Å². The first kappa shape index (κ1) is 17.5. The molecule has 1 aromatic heterocycles. The maximum absolute atomic E-state index is 12.2. The van der Waals surface area contributed by atoms with E-state index in [1.807, 2.05) is 18.5 Å². The van der Waals surface area contributed by atoms with Crippen LogP contribution >= 0.6 is 0 Å². The van der Waals surface area contributed by atoms with Crippen LogP contribution in [0.3, 0.4) is 0 Å². The van der Waals surface area contributed by atoms with Gasteiger partial charge in [0.15, 0.2) is 0 Å². The number of rotatable bonds is 6. The summed E-state index contributed by atoms with van der Waals surface area (Å²) in [4.78, 5) is 12.2. The standard InChI is InChI=1S/C19H25N3O3/c1-24-16-10-6-7-14(18(16)19(23)25-2)11-12-17-21-20-13-22(17)15-8-4-3-5-9-15/h6-7,10,13,15H,3-5,8-9,11-12H2,1-2H3. The summed E-state index contributed by atoms with van der Waals surface area (Å²) >= 11 is 0. The fourth-order valence-electron chi connectivity index (χ4n) is 3.64. The molecule has 0 bridgehead atoms. The predicted octanol–water partition coefficient (Wildman–Crippen LogP) is 3.36. The molecule has 3 rings (SSSR count). The van der Waals surface area contributed by atoms with Crippen LogP contribution in [0.5, 0.6) is 5.75 Å². The number of nitrogens with zero attached hydrogens (tertiary/aromatic N) is 3. The summed E-state index contributed by atoms with van der Waals surface area (Å²) in [5.74, 6) is 1.14. The number of carbonyl (C=O) groups is 1. The molecule has 6 nitrogen and oxygen atoms in total. The lowest BCUT2D eigenvalue weighted by Crippen LogP contribution is -2.16. The van der Waals surface area contributed by atoms with Gasteiger partial charge in [0, 0.05) is 12.5 Å². The lowest BCUT2D eigenvalue weighted by Gasteiger charge is -2.24. The molecule has 1 heterocycles. The van der Waals surface area contributed by atoms with Crippen molar-refractivity contribution in [2.75, 3.05) is 14.2 Å². The molecule has 0 amide bonds. The van der Waals surface area contributed by atoms with E-state index >= 15 is 0 Å². The molecule has 0 N–H and O–H groups in total. The van der Waals surface area contributed by atoms with Crippen LogP contribution in [0.15, 0.2) is 24.5 Å². The van der Waals surface area contributed by atoms with Crippen molar-refractivity contribution >= 4 is 5.97 Å². The fraction of sp³-hybridized carbons (Fsp3) is 0.526. The third-order valence-electron chi connectivity index (χ3n) is 4.96. The van der Waals surface area contributed by atoms with E-state index in [0.29, 0.717) is 23.8 Å². The van der Waals surface area contributed by atoms with Crippen molar-refractivity contribution in [1.29, 1.82) is 0 Å². The summed E-state index contributed by atoms with van der Waals surface area (Å²) in [5.41, 5.74) is 1.40. The Labute approximate surface area is 148 Å². The van der Waals surface area contributed by atoms with E-state index in [4.69, 9.17) is 9.47 Å². The summed E-state index contributed by atoms with van der Waals surface area (Å²) in [6, 6.07) is 6.12. The van der Waals surface area contributed by atoms with Crippen molar-refractivity contribution in [3.8, 4) is 5.75 Å². The van der Waals surface area contributed by atoms with Gasteiger partial charge in [-0.05, 0) is 30.9 Å².